The number of ketones is 1. The van der Waals surface area contributed by atoms with Crippen molar-refractivity contribution in [2.75, 3.05) is 19.6 Å². The Morgan fingerprint density at radius 2 is 1.78 bits per heavy atom. The zero-order valence-corrected chi connectivity index (χ0v) is 10.4. The van der Waals surface area contributed by atoms with Gasteiger partial charge >= 0.3 is 0 Å². The van der Waals surface area contributed by atoms with Crippen molar-refractivity contribution in [3.05, 3.63) is 23.8 Å². The Hall–Kier alpha value is -1.55. The average Bonchev–Trinajstić information content (AvgIpc) is 2.57. The van der Waals surface area contributed by atoms with Crippen molar-refractivity contribution in [2.24, 2.45) is 0 Å². The number of Topliss-reactive ketones (excluding diaryl/α,β-unsaturated/α-hetero) is 1. The quantitative estimate of drug-likeness (QED) is 0.806. The minimum Gasteiger partial charge on any atom is -0.508 e. The van der Waals surface area contributed by atoms with Crippen LogP contribution in [0.25, 0.3) is 0 Å². The summed E-state index contributed by atoms with van der Waals surface area (Å²) in [4.78, 5) is 14.2. The topological polar surface area (TPSA) is 60.8 Å². The Balaban J connectivity index is 2.02. The molecule has 0 aliphatic carbocycles. The molecule has 98 valence electrons. The lowest BCUT2D eigenvalue weighted by atomic mass is 10.1. The predicted octanol–water partition coefficient (Wildman–Crippen LogP) is 2.16. The summed E-state index contributed by atoms with van der Waals surface area (Å²) in [7, 11) is 0. The number of nitrogens with zero attached hydrogens (tertiary/aromatic N) is 1. The maximum atomic E-state index is 12.1. The molecule has 18 heavy (non-hydrogen) atoms. The first-order valence-electron chi connectivity index (χ1n) is 6.44. The molecule has 0 bridgehead atoms. The van der Waals surface area contributed by atoms with Crippen LogP contribution < -0.4 is 0 Å². The van der Waals surface area contributed by atoms with E-state index < -0.39 is 0 Å². The van der Waals surface area contributed by atoms with Crippen LogP contribution >= 0.6 is 0 Å². The molecule has 4 heteroatoms. The van der Waals surface area contributed by atoms with Gasteiger partial charge in [0.15, 0.2) is 5.78 Å². The zero-order valence-electron chi connectivity index (χ0n) is 10.4. The predicted molar refractivity (Wildman–Crippen MR) is 69.0 cm³/mol. The van der Waals surface area contributed by atoms with E-state index in [4.69, 9.17) is 0 Å². The summed E-state index contributed by atoms with van der Waals surface area (Å²) >= 11 is 0. The van der Waals surface area contributed by atoms with E-state index in [2.05, 4.69) is 4.90 Å². The van der Waals surface area contributed by atoms with Crippen LogP contribution in [0.3, 0.4) is 0 Å². The van der Waals surface area contributed by atoms with Crippen LogP contribution in [-0.2, 0) is 0 Å². The molecule has 0 amide bonds. The molecule has 0 radical (unpaired) electrons. The summed E-state index contributed by atoms with van der Waals surface area (Å²) in [6, 6.07) is 4.11. The minimum absolute atomic E-state index is 0.0289. The number of rotatable bonds is 3. The molecule has 1 aromatic rings. The summed E-state index contributed by atoms with van der Waals surface area (Å²) in [6.45, 7) is 2.24. The fourth-order valence-corrected chi connectivity index (χ4v) is 2.34. The van der Waals surface area contributed by atoms with Crippen LogP contribution in [0.2, 0.25) is 0 Å². The Morgan fingerprint density at radius 3 is 2.39 bits per heavy atom. The normalized spacial score (nSPS) is 17.3. The molecule has 0 spiro atoms. The molecular formula is C14H19NO3. The van der Waals surface area contributed by atoms with Crippen LogP contribution in [0.15, 0.2) is 18.2 Å². The molecule has 1 fully saturated rings. The van der Waals surface area contributed by atoms with Crippen molar-refractivity contribution < 1.29 is 15.0 Å². The lowest BCUT2D eigenvalue weighted by molar-refractivity contribution is 0.0930. The molecule has 1 heterocycles. The lowest BCUT2D eigenvalue weighted by Crippen LogP contribution is -2.30. The van der Waals surface area contributed by atoms with Crippen molar-refractivity contribution in [1.29, 1.82) is 0 Å². The molecule has 4 nitrogen and oxygen atoms in total. The van der Waals surface area contributed by atoms with Gasteiger partial charge in [-0.2, -0.15) is 0 Å². The van der Waals surface area contributed by atoms with Gasteiger partial charge in [0.25, 0.3) is 0 Å². The van der Waals surface area contributed by atoms with Crippen LogP contribution in [0.5, 0.6) is 11.5 Å². The number of phenolic OH excluding ortho intramolecular Hbond substituents is 2. The van der Waals surface area contributed by atoms with E-state index in [0.717, 1.165) is 25.9 Å². The van der Waals surface area contributed by atoms with Crippen LogP contribution in [0.4, 0.5) is 0 Å². The first kappa shape index (κ1) is 12.9. The highest BCUT2D eigenvalue weighted by Crippen LogP contribution is 2.23. The van der Waals surface area contributed by atoms with E-state index in [0.29, 0.717) is 6.54 Å². The summed E-state index contributed by atoms with van der Waals surface area (Å²) < 4.78 is 0. The van der Waals surface area contributed by atoms with Crippen molar-refractivity contribution in [1.82, 2.24) is 4.90 Å². The fraction of sp³-hybridized carbons (Fsp3) is 0.500. The largest absolute Gasteiger partial charge is 0.508 e. The van der Waals surface area contributed by atoms with Gasteiger partial charge in [0.2, 0.25) is 0 Å². The second-order valence-corrected chi connectivity index (χ2v) is 4.81. The van der Waals surface area contributed by atoms with E-state index in [9.17, 15) is 15.0 Å². The summed E-state index contributed by atoms with van der Waals surface area (Å²) in [6.07, 6.45) is 4.73. The van der Waals surface area contributed by atoms with Crippen molar-refractivity contribution in [3.8, 4) is 11.5 Å². The minimum atomic E-state index is -0.144. The highest BCUT2D eigenvalue weighted by atomic mass is 16.3. The zero-order chi connectivity index (χ0) is 13.0. The standard InChI is InChI=1S/C14H19NO3/c16-11-5-6-12(13(17)9-11)14(18)10-15-7-3-1-2-4-8-15/h5-6,9,16-17H,1-4,7-8,10H2. The molecule has 1 aromatic carbocycles. The van der Waals surface area contributed by atoms with Gasteiger partial charge in [-0.1, -0.05) is 12.8 Å². The second kappa shape index (κ2) is 5.87. The number of likely N-dealkylation sites (tertiary alicyclic amines) is 1. The number of benzene rings is 1. The molecular weight excluding hydrogens is 230 g/mol. The van der Waals surface area contributed by atoms with Gasteiger partial charge in [0.05, 0.1) is 12.1 Å². The molecule has 1 aliphatic heterocycles. The first-order chi connectivity index (χ1) is 8.66. The summed E-state index contributed by atoms with van der Waals surface area (Å²) in [5.74, 6) is -0.261. The number of carbonyl (C=O) groups is 1. The Labute approximate surface area is 107 Å². The fourth-order valence-electron chi connectivity index (χ4n) is 2.34. The van der Waals surface area contributed by atoms with E-state index in [1.807, 2.05) is 0 Å². The third kappa shape index (κ3) is 3.23. The number of phenols is 2. The summed E-state index contributed by atoms with van der Waals surface area (Å²) in [5, 5.41) is 18.8. The maximum absolute atomic E-state index is 12.1. The Bertz CT molecular complexity index is 423. The van der Waals surface area contributed by atoms with Gasteiger partial charge in [0.1, 0.15) is 11.5 Å². The van der Waals surface area contributed by atoms with Gasteiger partial charge in [0, 0.05) is 6.07 Å². The molecule has 1 aliphatic rings. The molecule has 1 saturated heterocycles. The molecule has 0 unspecified atom stereocenters. The maximum Gasteiger partial charge on any atom is 0.180 e. The first-order valence-corrected chi connectivity index (χ1v) is 6.44. The highest BCUT2D eigenvalue weighted by molar-refractivity contribution is 6.00. The van der Waals surface area contributed by atoms with Crippen molar-refractivity contribution >= 4 is 5.78 Å². The number of hydrogen-bond acceptors (Lipinski definition) is 4. The third-order valence-corrected chi connectivity index (χ3v) is 3.35. The van der Waals surface area contributed by atoms with Gasteiger partial charge in [-0.3, -0.25) is 9.69 Å². The molecule has 2 N–H and O–H groups in total. The lowest BCUT2D eigenvalue weighted by Gasteiger charge is -2.18. The van der Waals surface area contributed by atoms with Gasteiger partial charge in [-0.15, -0.1) is 0 Å². The second-order valence-electron chi connectivity index (χ2n) is 4.81. The van der Waals surface area contributed by atoms with Gasteiger partial charge < -0.3 is 10.2 Å². The van der Waals surface area contributed by atoms with Gasteiger partial charge in [-0.05, 0) is 38.1 Å². The van der Waals surface area contributed by atoms with Crippen LogP contribution in [-0.4, -0.2) is 40.5 Å². The highest BCUT2D eigenvalue weighted by Gasteiger charge is 2.17. The summed E-state index contributed by atoms with van der Waals surface area (Å²) in [5.41, 5.74) is 0.289. The van der Waals surface area contributed by atoms with Crippen LogP contribution in [0, 0.1) is 0 Å². The number of aromatic hydroxyl groups is 2. The molecule has 2 rings (SSSR count). The van der Waals surface area contributed by atoms with E-state index >= 15 is 0 Å². The average molecular weight is 249 g/mol. The number of carbonyl (C=O) groups excluding carboxylic acids is 1. The van der Waals surface area contributed by atoms with E-state index in [1.165, 1.54) is 31.0 Å². The monoisotopic (exact) mass is 249 g/mol. The Kier molecular flexibility index (Phi) is 4.20. The molecule has 0 atom stereocenters. The van der Waals surface area contributed by atoms with Crippen molar-refractivity contribution in [2.45, 2.75) is 25.7 Å². The van der Waals surface area contributed by atoms with E-state index in [-0.39, 0.29) is 22.8 Å². The van der Waals surface area contributed by atoms with E-state index in [1.54, 1.807) is 0 Å². The Morgan fingerprint density at radius 1 is 1.11 bits per heavy atom. The van der Waals surface area contributed by atoms with Crippen molar-refractivity contribution in [3.63, 3.8) is 0 Å². The SMILES string of the molecule is O=C(CN1CCCCCC1)c1ccc(O)cc1O. The molecule has 0 aromatic heterocycles. The van der Waals surface area contributed by atoms with Gasteiger partial charge in [-0.25, -0.2) is 0 Å². The molecule has 0 saturated carbocycles. The third-order valence-electron chi connectivity index (χ3n) is 3.35. The smallest absolute Gasteiger partial charge is 0.180 e. The number of hydrogen-bond donors (Lipinski definition) is 2. The van der Waals surface area contributed by atoms with Crippen LogP contribution in [0.1, 0.15) is 36.0 Å².